The van der Waals surface area contributed by atoms with Gasteiger partial charge < -0.3 is 0 Å². The molecule has 0 saturated carbocycles. The monoisotopic (exact) mass is 389 g/mol. The van der Waals surface area contributed by atoms with Crippen molar-refractivity contribution in [1.29, 1.82) is 0 Å². The van der Waals surface area contributed by atoms with Crippen LogP contribution in [-0.2, 0) is 0 Å². The zero-order chi connectivity index (χ0) is 21.4. The van der Waals surface area contributed by atoms with Crippen molar-refractivity contribution >= 4 is 6.21 Å². The first-order valence-corrected chi connectivity index (χ1v) is 12.2. The van der Waals surface area contributed by atoms with Crippen LogP contribution in [-0.4, -0.2) is 11.8 Å². The van der Waals surface area contributed by atoms with Gasteiger partial charge in [0.25, 0.3) is 0 Å². The Balaban J connectivity index is 2.84. The highest BCUT2D eigenvalue weighted by Crippen LogP contribution is 2.40. The van der Waals surface area contributed by atoms with Gasteiger partial charge in [-0.1, -0.05) is 79.9 Å². The van der Waals surface area contributed by atoms with E-state index in [1.165, 1.54) is 69.8 Å². The van der Waals surface area contributed by atoms with E-state index >= 15 is 0 Å². The highest BCUT2D eigenvalue weighted by molar-refractivity contribution is 5.65. The van der Waals surface area contributed by atoms with Crippen LogP contribution in [0.4, 0.5) is 0 Å². The number of allylic oxidation sites excluding steroid dienone is 1. The standard InChI is InChI=1S/C27H51N/c1-10-11-12-14-22(4)15-16-25(24(6)23(5)21(2)3)19-27(9)18-13-17-26(7,8)20-28-27/h20-21,23-25H,4,10-19H2,1-3,5-9H3. The fourth-order valence-corrected chi connectivity index (χ4v) is 4.83. The van der Waals surface area contributed by atoms with E-state index in [1.807, 2.05) is 0 Å². The van der Waals surface area contributed by atoms with Crippen molar-refractivity contribution in [2.75, 3.05) is 0 Å². The maximum Gasteiger partial charge on any atom is 0.0579 e. The van der Waals surface area contributed by atoms with Gasteiger partial charge in [-0.15, -0.1) is 0 Å². The van der Waals surface area contributed by atoms with Crippen LogP contribution in [0.1, 0.15) is 120 Å². The highest BCUT2D eigenvalue weighted by atomic mass is 14.9. The molecule has 0 aromatic heterocycles. The van der Waals surface area contributed by atoms with Crippen molar-refractivity contribution in [3.63, 3.8) is 0 Å². The van der Waals surface area contributed by atoms with Gasteiger partial charge in [-0.2, -0.15) is 0 Å². The Morgan fingerprint density at radius 2 is 1.68 bits per heavy atom. The molecule has 0 spiro atoms. The molecule has 1 rings (SSSR count). The quantitative estimate of drug-likeness (QED) is 0.233. The number of rotatable bonds is 12. The summed E-state index contributed by atoms with van der Waals surface area (Å²) in [6.45, 7) is 23.5. The molecule has 1 aliphatic rings. The maximum atomic E-state index is 5.17. The third-order valence-electron chi connectivity index (χ3n) is 7.59. The lowest BCUT2D eigenvalue weighted by Gasteiger charge is -2.37. The first-order chi connectivity index (χ1) is 13.0. The van der Waals surface area contributed by atoms with Gasteiger partial charge in [0.05, 0.1) is 5.54 Å². The predicted octanol–water partition coefficient (Wildman–Crippen LogP) is 8.88. The average molecular weight is 390 g/mol. The lowest BCUT2D eigenvalue weighted by molar-refractivity contribution is 0.163. The second kappa shape index (κ2) is 11.6. The molecule has 0 aromatic rings. The Bertz CT molecular complexity index is 486. The Morgan fingerprint density at radius 1 is 1.00 bits per heavy atom. The summed E-state index contributed by atoms with van der Waals surface area (Å²) in [7, 11) is 0. The Morgan fingerprint density at radius 3 is 2.29 bits per heavy atom. The van der Waals surface area contributed by atoms with Crippen molar-refractivity contribution in [3.05, 3.63) is 12.2 Å². The van der Waals surface area contributed by atoms with Crippen LogP contribution in [0.5, 0.6) is 0 Å². The van der Waals surface area contributed by atoms with Crippen LogP contribution < -0.4 is 0 Å². The first-order valence-electron chi connectivity index (χ1n) is 12.2. The molecule has 0 radical (unpaired) electrons. The van der Waals surface area contributed by atoms with Crippen LogP contribution in [0.2, 0.25) is 0 Å². The minimum atomic E-state index is 0.118. The number of hydrogen-bond acceptors (Lipinski definition) is 1. The van der Waals surface area contributed by atoms with E-state index in [9.17, 15) is 0 Å². The summed E-state index contributed by atoms with van der Waals surface area (Å²) >= 11 is 0. The van der Waals surface area contributed by atoms with E-state index in [0.717, 1.165) is 23.7 Å². The smallest absolute Gasteiger partial charge is 0.0579 e. The fraction of sp³-hybridized carbons (Fsp3) is 0.889. The molecule has 4 atom stereocenters. The molecule has 1 aliphatic heterocycles. The van der Waals surface area contributed by atoms with Crippen molar-refractivity contribution in [2.45, 2.75) is 125 Å². The average Bonchev–Trinajstić information content (AvgIpc) is 2.75. The minimum Gasteiger partial charge on any atom is -0.291 e. The van der Waals surface area contributed by atoms with Gasteiger partial charge in [-0.25, -0.2) is 0 Å². The second-order valence-corrected chi connectivity index (χ2v) is 11.3. The molecular weight excluding hydrogens is 338 g/mol. The van der Waals surface area contributed by atoms with E-state index in [-0.39, 0.29) is 11.0 Å². The molecule has 0 amide bonds. The van der Waals surface area contributed by atoms with Crippen LogP contribution in [0.3, 0.4) is 0 Å². The molecule has 1 heteroatoms. The first kappa shape index (κ1) is 25.4. The molecule has 4 unspecified atom stereocenters. The second-order valence-electron chi connectivity index (χ2n) is 11.3. The molecule has 0 saturated heterocycles. The molecule has 0 bridgehead atoms. The van der Waals surface area contributed by atoms with Crippen molar-refractivity contribution in [1.82, 2.24) is 0 Å². The Kier molecular flexibility index (Phi) is 10.5. The number of hydrogen-bond donors (Lipinski definition) is 0. The van der Waals surface area contributed by atoms with Gasteiger partial charge in [0.1, 0.15) is 0 Å². The molecule has 0 fully saturated rings. The molecule has 1 nitrogen and oxygen atoms in total. The summed E-state index contributed by atoms with van der Waals surface area (Å²) in [6, 6.07) is 0. The summed E-state index contributed by atoms with van der Waals surface area (Å²) in [5, 5.41) is 0. The van der Waals surface area contributed by atoms with Crippen LogP contribution in [0.25, 0.3) is 0 Å². The molecule has 0 aliphatic carbocycles. The summed E-state index contributed by atoms with van der Waals surface area (Å²) in [6.07, 6.45) is 15.0. The van der Waals surface area contributed by atoms with Crippen LogP contribution in [0.15, 0.2) is 17.1 Å². The predicted molar refractivity (Wildman–Crippen MR) is 128 cm³/mol. The molecular formula is C27H51N. The number of nitrogens with zero attached hydrogens (tertiary/aromatic N) is 1. The zero-order valence-corrected chi connectivity index (χ0v) is 20.6. The van der Waals surface area contributed by atoms with E-state index in [4.69, 9.17) is 4.99 Å². The maximum absolute atomic E-state index is 5.17. The normalized spacial score (nSPS) is 25.3. The van der Waals surface area contributed by atoms with Crippen LogP contribution >= 0.6 is 0 Å². The van der Waals surface area contributed by atoms with Gasteiger partial charge in [0.2, 0.25) is 0 Å². The van der Waals surface area contributed by atoms with E-state index in [1.54, 1.807) is 0 Å². The summed E-state index contributed by atoms with van der Waals surface area (Å²) < 4.78 is 0. The Hall–Kier alpha value is -0.590. The van der Waals surface area contributed by atoms with Gasteiger partial charge >= 0.3 is 0 Å². The summed E-state index contributed by atoms with van der Waals surface area (Å²) in [5.74, 6) is 2.98. The van der Waals surface area contributed by atoms with E-state index in [2.05, 4.69) is 68.2 Å². The van der Waals surface area contributed by atoms with Crippen LogP contribution in [0, 0.1) is 29.1 Å². The molecule has 0 aromatic carbocycles. The number of aliphatic imine (C=N–C) groups is 1. The zero-order valence-electron chi connectivity index (χ0n) is 20.6. The lowest BCUT2D eigenvalue weighted by Crippen LogP contribution is -2.31. The largest absolute Gasteiger partial charge is 0.291 e. The third-order valence-corrected chi connectivity index (χ3v) is 7.59. The summed E-state index contributed by atoms with van der Waals surface area (Å²) in [4.78, 5) is 5.17. The SMILES string of the molecule is C=C(CCCCC)CCC(CC1(C)CCCC(C)(C)C=N1)C(C)C(C)C(C)C. The molecule has 0 N–H and O–H groups in total. The van der Waals surface area contributed by atoms with Crippen molar-refractivity contribution in [2.24, 2.45) is 34.1 Å². The number of unbranched alkanes of at least 4 members (excludes halogenated alkanes) is 2. The fourth-order valence-electron chi connectivity index (χ4n) is 4.83. The van der Waals surface area contributed by atoms with Gasteiger partial charge in [0, 0.05) is 6.21 Å². The van der Waals surface area contributed by atoms with Gasteiger partial charge in [-0.3, -0.25) is 4.99 Å². The molecule has 1 heterocycles. The topological polar surface area (TPSA) is 12.4 Å². The highest BCUT2D eigenvalue weighted by Gasteiger charge is 2.34. The van der Waals surface area contributed by atoms with Gasteiger partial charge in [-0.05, 0) is 81.0 Å². The minimum absolute atomic E-state index is 0.118. The Labute approximate surface area is 177 Å². The van der Waals surface area contributed by atoms with E-state index < -0.39 is 0 Å². The van der Waals surface area contributed by atoms with E-state index in [0.29, 0.717) is 0 Å². The van der Waals surface area contributed by atoms with Gasteiger partial charge in [0.15, 0.2) is 0 Å². The lowest BCUT2D eigenvalue weighted by atomic mass is 9.71. The third kappa shape index (κ3) is 8.83. The van der Waals surface area contributed by atoms with Crippen molar-refractivity contribution in [3.8, 4) is 0 Å². The molecule has 28 heavy (non-hydrogen) atoms. The molecule has 164 valence electrons. The summed E-state index contributed by atoms with van der Waals surface area (Å²) in [5.41, 5.74) is 1.85. The van der Waals surface area contributed by atoms with Crippen molar-refractivity contribution < 1.29 is 0 Å².